The normalized spacial score (nSPS) is 11.2. The summed E-state index contributed by atoms with van der Waals surface area (Å²) in [7, 11) is -2.31. The summed E-state index contributed by atoms with van der Waals surface area (Å²) >= 11 is 1.48. The Morgan fingerprint density at radius 3 is 2.50 bits per heavy atom. The van der Waals surface area contributed by atoms with Crippen molar-refractivity contribution >= 4 is 27.3 Å². The molecule has 2 rings (SSSR count). The monoisotopic (exact) mass is 311 g/mol. The van der Waals surface area contributed by atoms with Crippen molar-refractivity contribution in [2.45, 2.75) is 11.4 Å². The molecule has 1 N–H and O–H groups in total. The Hall–Kier alpha value is -1.70. The molecule has 7 heteroatoms. The number of ether oxygens (including phenoxy) is 1. The van der Waals surface area contributed by atoms with Crippen LogP contribution in [-0.2, 0) is 21.3 Å². The average molecular weight is 311 g/mol. The zero-order chi connectivity index (χ0) is 14.6. The summed E-state index contributed by atoms with van der Waals surface area (Å²) in [4.78, 5) is 12.3. The molecule has 20 heavy (non-hydrogen) atoms. The van der Waals surface area contributed by atoms with Gasteiger partial charge in [-0.1, -0.05) is 6.07 Å². The summed E-state index contributed by atoms with van der Waals surface area (Å²) in [6.45, 7) is 0.249. The Morgan fingerprint density at radius 2 is 1.95 bits per heavy atom. The first-order valence-electron chi connectivity index (χ1n) is 5.73. The van der Waals surface area contributed by atoms with E-state index < -0.39 is 16.0 Å². The molecule has 1 aromatic heterocycles. The predicted octanol–water partition coefficient (Wildman–Crippen LogP) is 2.01. The number of carbonyl (C=O) groups is 1. The molecule has 2 aromatic rings. The number of methoxy groups -OCH3 is 1. The third-order valence-electron chi connectivity index (χ3n) is 2.60. The van der Waals surface area contributed by atoms with Crippen LogP contribution in [0.15, 0.2) is 46.7 Å². The van der Waals surface area contributed by atoms with E-state index in [2.05, 4.69) is 9.46 Å². The number of thiophene rings is 1. The number of esters is 1. The van der Waals surface area contributed by atoms with E-state index in [4.69, 9.17) is 0 Å². The Kier molecular flexibility index (Phi) is 4.53. The van der Waals surface area contributed by atoms with Crippen LogP contribution in [0.2, 0.25) is 0 Å². The SMILES string of the molecule is COC(=O)c1ccc(S(=O)(=O)NCc2cccs2)cc1. The molecule has 106 valence electrons. The Labute approximate surface area is 121 Å². The second-order valence-electron chi connectivity index (χ2n) is 3.92. The number of rotatable bonds is 5. The van der Waals surface area contributed by atoms with Gasteiger partial charge in [-0.3, -0.25) is 0 Å². The van der Waals surface area contributed by atoms with Crippen LogP contribution in [0.4, 0.5) is 0 Å². The minimum atomic E-state index is -3.58. The average Bonchev–Trinajstić information content (AvgIpc) is 2.98. The lowest BCUT2D eigenvalue weighted by atomic mass is 10.2. The van der Waals surface area contributed by atoms with Gasteiger partial charge in [0.25, 0.3) is 0 Å². The van der Waals surface area contributed by atoms with E-state index in [1.807, 2.05) is 17.5 Å². The van der Waals surface area contributed by atoms with Gasteiger partial charge in [0.1, 0.15) is 0 Å². The highest BCUT2D eigenvalue weighted by atomic mass is 32.2. The van der Waals surface area contributed by atoms with E-state index in [1.165, 1.54) is 42.7 Å². The minimum Gasteiger partial charge on any atom is -0.465 e. The highest BCUT2D eigenvalue weighted by Crippen LogP contribution is 2.13. The summed E-state index contributed by atoms with van der Waals surface area (Å²) in [5.41, 5.74) is 0.310. The molecule has 0 spiro atoms. The third kappa shape index (κ3) is 3.44. The number of benzene rings is 1. The molecule has 5 nitrogen and oxygen atoms in total. The number of hydrogen-bond acceptors (Lipinski definition) is 5. The second kappa shape index (κ2) is 6.17. The fourth-order valence-corrected chi connectivity index (χ4v) is 3.29. The molecule has 0 radical (unpaired) electrons. The van der Waals surface area contributed by atoms with Crippen LogP contribution in [0.5, 0.6) is 0 Å². The molecule has 0 aliphatic rings. The summed E-state index contributed by atoms with van der Waals surface area (Å²) in [5.74, 6) is -0.500. The van der Waals surface area contributed by atoms with Crippen LogP contribution in [-0.4, -0.2) is 21.5 Å². The van der Waals surface area contributed by atoms with E-state index in [0.717, 1.165) is 4.88 Å². The highest BCUT2D eigenvalue weighted by Gasteiger charge is 2.15. The van der Waals surface area contributed by atoms with Crippen LogP contribution >= 0.6 is 11.3 Å². The van der Waals surface area contributed by atoms with Gasteiger partial charge in [0, 0.05) is 11.4 Å². The minimum absolute atomic E-state index is 0.113. The van der Waals surface area contributed by atoms with Gasteiger partial charge in [-0.15, -0.1) is 11.3 Å². The van der Waals surface area contributed by atoms with Crippen molar-refractivity contribution in [3.05, 3.63) is 52.2 Å². The van der Waals surface area contributed by atoms with Crippen molar-refractivity contribution in [2.24, 2.45) is 0 Å². The molecular formula is C13H13NO4S2. The van der Waals surface area contributed by atoms with Gasteiger partial charge in [0.2, 0.25) is 10.0 Å². The number of nitrogens with one attached hydrogen (secondary N) is 1. The molecule has 0 bridgehead atoms. The first-order valence-corrected chi connectivity index (χ1v) is 8.09. The zero-order valence-corrected chi connectivity index (χ0v) is 12.3. The molecule has 0 fully saturated rings. The van der Waals surface area contributed by atoms with E-state index in [0.29, 0.717) is 5.56 Å². The standard InChI is InChI=1S/C13H13NO4S2/c1-18-13(15)10-4-6-12(7-5-10)20(16,17)14-9-11-3-2-8-19-11/h2-8,14H,9H2,1H3. The van der Waals surface area contributed by atoms with Crippen molar-refractivity contribution in [3.8, 4) is 0 Å². The predicted molar refractivity (Wildman–Crippen MR) is 76.1 cm³/mol. The summed E-state index contributed by atoms with van der Waals surface area (Å²) in [5, 5.41) is 1.88. The second-order valence-corrected chi connectivity index (χ2v) is 6.72. The molecule has 0 aliphatic carbocycles. The van der Waals surface area contributed by atoms with Crippen molar-refractivity contribution < 1.29 is 17.9 Å². The fourth-order valence-electron chi connectivity index (χ4n) is 1.55. The lowest BCUT2D eigenvalue weighted by molar-refractivity contribution is 0.0600. The summed E-state index contributed by atoms with van der Waals surface area (Å²) < 4.78 is 31.2. The van der Waals surface area contributed by atoms with Crippen LogP contribution in [0.25, 0.3) is 0 Å². The number of sulfonamides is 1. The molecule has 0 unspecified atom stereocenters. The largest absolute Gasteiger partial charge is 0.465 e. The van der Waals surface area contributed by atoms with Crippen LogP contribution in [0.1, 0.15) is 15.2 Å². The van der Waals surface area contributed by atoms with Crippen LogP contribution in [0, 0.1) is 0 Å². The van der Waals surface area contributed by atoms with E-state index in [9.17, 15) is 13.2 Å². The fraction of sp³-hybridized carbons (Fsp3) is 0.154. The van der Waals surface area contributed by atoms with Gasteiger partial charge in [-0.25, -0.2) is 17.9 Å². The lowest BCUT2D eigenvalue weighted by Gasteiger charge is -2.06. The molecule has 0 saturated carbocycles. The van der Waals surface area contributed by atoms with Crippen molar-refractivity contribution in [2.75, 3.05) is 7.11 Å². The topological polar surface area (TPSA) is 72.5 Å². The lowest BCUT2D eigenvalue weighted by Crippen LogP contribution is -2.22. The van der Waals surface area contributed by atoms with Gasteiger partial charge >= 0.3 is 5.97 Å². The van der Waals surface area contributed by atoms with E-state index in [1.54, 1.807) is 0 Å². The molecular weight excluding hydrogens is 298 g/mol. The molecule has 0 atom stereocenters. The molecule has 1 heterocycles. The van der Waals surface area contributed by atoms with Crippen molar-refractivity contribution in [3.63, 3.8) is 0 Å². The van der Waals surface area contributed by atoms with Crippen LogP contribution in [0.3, 0.4) is 0 Å². The molecule has 0 amide bonds. The van der Waals surface area contributed by atoms with Gasteiger partial charge in [-0.05, 0) is 35.7 Å². The first kappa shape index (κ1) is 14.7. The van der Waals surface area contributed by atoms with Crippen LogP contribution < -0.4 is 4.72 Å². The van der Waals surface area contributed by atoms with E-state index >= 15 is 0 Å². The Morgan fingerprint density at radius 1 is 1.25 bits per heavy atom. The first-order chi connectivity index (χ1) is 9.53. The summed E-state index contributed by atoms with van der Waals surface area (Å²) in [6.07, 6.45) is 0. The maximum Gasteiger partial charge on any atom is 0.337 e. The van der Waals surface area contributed by atoms with Crippen molar-refractivity contribution in [1.29, 1.82) is 0 Å². The van der Waals surface area contributed by atoms with Gasteiger partial charge in [0.15, 0.2) is 0 Å². The number of carbonyl (C=O) groups excluding carboxylic acids is 1. The van der Waals surface area contributed by atoms with E-state index in [-0.39, 0.29) is 11.4 Å². The maximum atomic E-state index is 12.1. The highest BCUT2D eigenvalue weighted by molar-refractivity contribution is 7.89. The maximum absolute atomic E-state index is 12.1. The molecule has 0 aliphatic heterocycles. The quantitative estimate of drug-likeness (QED) is 0.857. The Bertz CT molecular complexity index is 676. The smallest absolute Gasteiger partial charge is 0.337 e. The third-order valence-corrected chi connectivity index (χ3v) is 4.90. The van der Waals surface area contributed by atoms with Crippen molar-refractivity contribution in [1.82, 2.24) is 4.72 Å². The van der Waals surface area contributed by atoms with Gasteiger partial charge in [0.05, 0.1) is 17.6 Å². The zero-order valence-electron chi connectivity index (χ0n) is 10.7. The summed E-state index contributed by atoms with van der Waals surface area (Å²) in [6, 6.07) is 9.32. The van der Waals surface area contributed by atoms with Gasteiger partial charge in [-0.2, -0.15) is 0 Å². The van der Waals surface area contributed by atoms with Gasteiger partial charge < -0.3 is 4.74 Å². The Balaban J connectivity index is 2.11. The number of hydrogen-bond donors (Lipinski definition) is 1. The molecule has 1 aromatic carbocycles. The molecule has 0 saturated heterocycles.